The summed E-state index contributed by atoms with van der Waals surface area (Å²) in [6.45, 7) is 5.20. The van der Waals surface area contributed by atoms with E-state index < -0.39 is 0 Å². The van der Waals surface area contributed by atoms with Gasteiger partial charge in [-0.15, -0.1) is 11.3 Å². The first-order valence-corrected chi connectivity index (χ1v) is 8.92. The van der Waals surface area contributed by atoms with Gasteiger partial charge in [0.1, 0.15) is 16.9 Å². The van der Waals surface area contributed by atoms with Crippen molar-refractivity contribution in [2.45, 2.75) is 19.6 Å². The fourth-order valence-corrected chi connectivity index (χ4v) is 3.56. The first-order valence-electron chi connectivity index (χ1n) is 8.04. The SMILES string of the molecule is Cc1oc(-c2ccccc2)nc1CN1CCO[C@H](c2nccs2)C1. The minimum absolute atomic E-state index is 0.0551. The highest BCUT2D eigenvalue weighted by atomic mass is 32.1. The Kier molecular flexibility index (Phi) is 4.42. The Balaban J connectivity index is 1.48. The van der Waals surface area contributed by atoms with E-state index >= 15 is 0 Å². The Bertz CT molecular complexity index is 786. The molecule has 1 fully saturated rings. The Morgan fingerprint density at radius 3 is 2.96 bits per heavy atom. The smallest absolute Gasteiger partial charge is 0.226 e. The molecule has 124 valence electrons. The van der Waals surface area contributed by atoms with Crippen molar-refractivity contribution in [3.05, 3.63) is 58.4 Å². The number of morpholine rings is 1. The van der Waals surface area contributed by atoms with Crippen LogP contribution >= 0.6 is 11.3 Å². The third-order valence-corrected chi connectivity index (χ3v) is 5.03. The highest BCUT2D eigenvalue weighted by molar-refractivity contribution is 7.09. The topological polar surface area (TPSA) is 51.4 Å². The lowest BCUT2D eigenvalue weighted by molar-refractivity contribution is -0.0334. The largest absolute Gasteiger partial charge is 0.441 e. The van der Waals surface area contributed by atoms with Crippen molar-refractivity contribution in [1.82, 2.24) is 14.9 Å². The minimum atomic E-state index is 0.0551. The Morgan fingerprint density at radius 2 is 2.17 bits per heavy atom. The van der Waals surface area contributed by atoms with Crippen LogP contribution in [-0.4, -0.2) is 34.6 Å². The predicted molar refractivity (Wildman–Crippen MR) is 92.8 cm³/mol. The maximum Gasteiger partial charge on any atom is 0.226 e. The maximum atomic E-state index is 5.86. The summed E-state index contributed by atoms with van der Waals surface area (Å²) in [4.78, 5) is 11.4. The predicted octanol–water partition coefficient (Wildman–Crippen LogP) is 3.68. The summed E-state index contributed by atoms with van der Waals surface area (Å²) in [7, 11) is 0. The van der Waals surface area contributed by atoms with Crippen molar-refractivity contribution in [3.8, 4) is 11.5 Å². The van der Waals surface area contributed by atoms with Crippen molar-refractivity contribution in [2.75, 3.05) is 19.7 Å². The van der Waals surface area contributed by atoms with E-state index in [0.29, 0.717) is 12.5 Å². The minimum Gasteiger partial charge on any atom is -0.441 e. The van der Waals surface area contributed by atoms with Gasteiger partial charge in [-0.05, 0) is 19.1 Å². The van der Waals surface area contributed by atoms with Crippen LogP contribution in [0.4, 0.5) is 0 Å². The number of thiazole rings is 1. The van der Waals surface area contributed by atoms with E-state index in [9.17, 15) is 0 Å². The lowest BCUT2D eigenvalue weighted by Gasteiger charge is -2.31. The molecule has 0 spiro atoms. The normalized spacial score (nSPS) is 18.8. The molecule has 0 aliphatic carbocycles. The quantitative estimate of drug-likeness (QED) is 0.724. The van der Waals surface area contributed by atoms with Crippen molar-refractivity contribution in [3.63, 3.8) is 0 Å². The summed E-state index contributed by atoms with van der Waals surface area (Å²) < 4.78 is 11.7. The molecule has 0 radical (unpaired) electrons. The van der Waals surface area contributed by atoms with Crippen LogP contribution in [0, 0.1) is 6.92 Å². The van der Waals surface area contributed by atoms with Crippen molar-refractivity contribution >= 4 is 11.3 Å². The summed E-state index contributed by atoms with van der Waals surface area (Å²) in [5.74, 6) is 1.57. The molecular formula is C18H19N3O2S. The molecule has 1 atom stereocenters. The fraction of sp³-hybridized carbons (Fsp3) is 0.333. The maximum absolute atomic E-state index is 5.86. The fourth-order valence-electron chi connectivity index (χ4n) is 2.88. The van der Waals surface area contributed by atoms with Gasteiger partial charge in [0.25, 0.3) is 0 Å². The number of nitrogens with zero attached hydrogens (tertiary/aromatic N) is 3. The number of aryl methyl sites for hydroxylation is 1. The van der Waals surface area contributed by atoms with Crippen LogP contribution in [-0.2, 0) is 11.3 Å². The van der Waals surface area contributed by atoms with Gasteiger partial charge >= 0.3 is 0 Å². The molecule has 3 aromatic rings. The molecule has 5 nitrogen and oxygen atoms in total. The molecule has 24 heavy (non-hydrogen) atoms. The van der Waals surface area contributed by atoms with Gasteiger partial charge in [-0.25, -0.2) is 9.97 Å². The number of ether oxygens (including phenoxy) is 1. The van der Waals surface area contributed by atoms with Gasteiger partial charge in [0, 0.05) is 36.8 Å². The highest BCUT2D eigenvalue weighted by Crippen LogP contribution is 2.26. The van der Waals surface area contributed by atoms with E-state index in [0.717, 1.165) is 41.7 Å². The summed E-state index contributed by atoms with van der Waals surface area (Å²) in [5, 5.41) is 3.03. The standard InChI is InChI=1S/C18H19N3O2S/c1-13-15(20-17(23-13)14-5-3-2-4-6-14)11-21-8-9-22-16(12-21)18-19-7-10-24-18/h2-7,10,16H,8-9,11-12H2,1H3/t16-/m0/s1. The number of aromatic nitrogens is 2. The van der Waals surface area contributed by atoms with Crippen LogP contribution in [0.1, 0.15) is 22.6 Å². The zero-order valence-electron chi connectivity index (χ0n) is 13.5. The van der Waals surface area contributed by atoms with E-state index in [-0.39, 0.29) is 6.10 Å². The zero-order chi connectivity index (χ0) is 16.4. The Morgan fingerprint density at radius 1 is 1.29 bits per heavy atom. The molecule has 1 saturated heterocycles. The van der Waals surface area contributed by atoms with Gasteiger partial charge in [0.15, 0.2) is 0 Å². The molecule has 6 heteroatoms. The van der Waals surface area contributed by atoms with Gasteiger partial charge in [-0.1, -0.05) is 18.2 Å². The first kappa shape index (κ1) is 15.5. The Hall–Kier alpha value is -2.02. The number of hydrogen-bond acceptors (Lipinski definition) is 6. The van der Waals surface area contributed by atoms with Crippen LogP contribution in [0.3, 0.4) is 0 Å². The summed E-state index contributed by atoms with van der Waals surface area (Å²) >= 11 is 1.65. The summed E-state index contributed by atoms with van der Waals surface area (Å²) in [5.41, 5.74) is 2.00. The number of hydrogen-bond donors (Lipinski definition) is 0. The lowest BCUT2D eigenvalue weighted by Crippen LogP contribution is -2.38. The second-order valence-electron chi connectivity index (χ2n) is 5.85. The van der Waals surface area contributed by atoms with Gasteiger partial charge < -0.3 is 9.15 Å². The van der Waals surface area contributed by atoms with Gasteiger partial charge in [-0.3, -0.25) is 4.90 Å². The van der Waals surface area contributed by atoms with E-state index in [4.69, 9.17) is 14.1 Å². The van der Waals surface area contributed by atoms with Crippen molar-refractivity contribution in [2.24, 2.45) is 0 Å². The monoisotopic (exact) mass is 341 g/mol. The molecule has 0 N–H and O–H groups in total. The molecule has 1 aromatic carbocycles. The third kappa shape index (κ3) is 3.26. The molecule has 0 amide bonds. The molecule has 0 bridgehead atoms. The molecule has 3 heterocycles. The molecule has 4 rings (SSSR count). The van der Waals surface area contributed by atoms with Crippen molar-refractivity contribution in [1.29, 1.82) is 0 Å². The second kappa shape index (κ2) is 6.84. The molecule has 0 unspecified atom stereocenters. The van der Waals surface area contributed by atoms with Crippen molar-refractivity contribution < 1.29 is 9.15 Å². The average Bonchev–Trinajstić information content (AvgIpc) is 3.27. The first-order chi connectivity index (χ1) is 11.8. The van der Waals surface area contributed by atoms with Crippen LogP contribution in [0.15, 0.2) is 46.3 Å². The third-order valence-electron chi connectivity index (χ3n) is 4.16. The van der Waals surface area contributed by atoms with E-state index in [1.165, 1.54) is 0 Å². The molecule has 2 aromatic heterocycles. The molecule has 1 aliphatic heterocycles. The van der Waals surface area contributed by atoms with Crippen LogP contribution in [0.25, 0.3) is 11.5 Å². The summed E-state index contributed by atoms with van der Waals surface area (Å²) in [6.07, 6.45) is 1.88. The molecular weight excluding hydrogens is 322 g/mol. The van der Waals surface area contributed by atoms with E-state index in [1.54, 1.807) is 11.3 Å². The summed E-state index contributed by atoms with van der Waals surface area (Å²) in [6, 6.07) is 10.0. The zero-order valence-corrected chi connectivity index (χ0v) is 14.3. The highest BCUT2D eigenvalue weighted by Gasteiger charge is 2.25. The van der Waals surface area contributed by atoms with Gasteiger partial charge in [0.2, 0.25) is 5.89 Å². The van der Waals surface area contributed by atoms with Crippen LogP contribution in [0.5, 0.6) is 0 Å². The second-order valence-corrected chi connectivity index (χ2v) is 6.78. The number of rotatable bonds is 4. The van der Waals surface area contributed by atoms with E-state index in [2.05, 4.69) is 9.88 Å². The Labute approximate surface area is 144 Å². The van der Waals surface area contributed by atoms with Gasteiger partial charge in [0.05, 0.1) is 12.3 Å². The van der Waals surface area contributed by atoms with Gasteiger partial charge in [-0.2, -0.15) is 0 Å². The van der Waals surface area contributed by atoms with E-state index in [1.807, 2.05) is 48.8 Å². The number of benzene rings is 1. The molecule has 1 aliphatic rings. The average molecular weight is 341 g/mol. The lowest BCUT2D eigenvalue weighted by atomic mass is 10.2. The van der Waals surface area contributed by atoms with Crippen LogP contribution < -0.4 is 0 Å². The molecule has 0 saturated carbocycles. The van der Waals surface area contributed by atoms with Crippen LogP contribution in [0.2, 0.25) is 0 Å². The number of oxazole rings is 1.